The minimum absolute atomic E-state index is 0. The van der Waals surface area contributed by atoms with Gasteiger partial charge in [-0.25, -0.2) is 8.42 Å². The first-order valence-electron chi connectivity index (χ1n) is 9.68. The number of likely N-dealkylation sites (tertiary alicyclic amines) is 1. The first-order chi connectivity index (χ1) is 13.4. The van der Waals surface area contributed by atoms with Crippen LogP contribution in [0.5, 0.6) is 0 Å². The third kappa shape index (κ3) is 7.62. The molecule has 1 aliphatic rings. The maximum absolute atomic E-state index is 11.4. The van der Waals surface area contributed by atoms with E-state index in [1.807, 2.05) is 31.3 Å². The average Bonchev–Trinajstić information content (AvgIpc) is 3.11. The summed E-state index contributed by atoms with van der Waals surface area (Å²) in [7, 11) is -1.18. The molecule has 0 aromatic heterocycles. The van der Waals surface area contributed by atoms with Crippen LogP contribution in [-0.4, -0.2) is 45.7 Å². The second-order valence-electron chi connectivity index (χ2n) is 7.58. The van der Waals surface area contributed by atoms with Crippen LogP contribution in [0.4, 0.5) is 0 Å². The molecule has 2 aromatic carbocycles. The lowest BCUT2D eigenvalue weighted by molar-refractivity contribution is 0.460. The van der Waals surface area contributed by atoms with Gasteiger partial charge in [0, 0.05) is 32.9 Å². The van der Waals surface area contributed by atoms with Gasteiger partial charge < -0.3 is 10.2 Å². The van der Waals surface area contributed by atoms with Crippen molar-refractivity contribution in [3.05, 3.63) is 71.3 Å². The number of guanidine groups is 1. The standard InChI is InChI=1S/C22H29N3O2S.HI/c1-23-22(24-15-19-8-10-20(11-9-19)17-28(2,26)27)25-13-12-21(16-25)14-18-6-4-3-5-7-18;/h3-11,21H,12-17H2,1-2H3,(H,23,24);1H. The fourth-order valence-electron chi connectivity index (χ4n) is 3.71. The van der Waals surface area contributed by atoms with Crippen LogP contribution in [0.3, 0.4) is 0 Å². The molecule has 1 saturated heterocycles. The normalized spacial score (nSPS) is 17.1. The third-order valence-corrected chi connectivity index (χ3v) is 5.92. The van der Waals surface area contributed by atoms with E-state index in [2.05, 4.69) is 45.5 Å². The van der Waals surface area contributed by atoms with Gasteiger partial charge >= 0.3 is 0 Å². The number of hydrogen-bond donors (Lipinski definition) is 1. The monoisotopic (exact) mass is 527 g/mol. The van der Waals surface area contributed by atoms with Crippen LogP contribution in [0.15, 0.2) is 59.6 Å². The number of benzene rings is 2. The molecule has 1 atom stereocenters. The molecule has 158 valence electrons. The van der Waals surface area contributed by atoms with Crippen molar-refractivity contribution in [2.75, 3.05) is 26.4 Å². The molecule has 0 spiro atoms. The van der Waals surface area contributed by atoms with Crippen molar-refractivity contribution in [1.29, 1.82) is 0 Å². The van der Waals surface area contributed by atoms with Crippen molar-refractivity contribution < 1.29 is 8.42 Å². The summed E-state index contributed by atoms with van der Waals surface area (Å²) in [6.07, 6.45) is 3.54. The predicted octanol–water partition coefficient (Wildman–Crippen LogP) is 3.49. The van der Waals surface area contributed by atoms with Gasteiger partial charge in [-0.1, -0.05) is 54.6 Å². The Bertz CT molecular complexity index is 899. The number of rotatable bonds is 6. The van der Waals surface area contributed by atoms with Crippen molar-refractivity contribution in [2.24, 2.45) is 10.9 Å². The summed E-state index contributed by atoms with van der Waals surface area (Å²) in [5, 5.41) is 3.44. The van der Waals surface area contributed by atoms with E-state index in [0.29, 0.717) is 12.5 Å². The predicted molar refractivity (Wildman–Crippen MR) is 130 cm³/mol. The number of sulfone groups is 1. The zero-order chi connectivity index (χ0) is 20.0. The van der Waals surface area contributed by atoms with E-state index in [4.69, 9.17) is 0 Å². The fraction of sp³-hybridized carbons (Fsp3) is 0.409. The highest BCUT2D eigenvalue weighted by molar-refractivity contribution is 14.0. The van der Waals surface area contributed by atoms with Crippen molar-refractivity contribution in [3.63, 3.8) is 0 Å². The van der Waals surface area contributed by atoms with Gasteiger partial charge in [0.2, 0.25) is 0 Å². The summed E-state index contributed by atoms with van der Waals surface area (Å²) < 4.78 is 22.8. The summed E-state index contributed by atoms with van der Waals surface area (Å²) in [6, 6.07) is 18.4. The van der Waals surface area contributed by atoms with Gasteiger partial charge in [0.25, 0.3) is 0 Å². The molecule has 1 unspecified atom stereocenters. The molecular formula is C22H30IN3O2S. The molecular weight excluding hydrogens is 497 g/mol. The van der Waals surface area contributed by atoms with Crippen LogP contribution in [0.1, 0.15) is 23.1 Å². The van der Waals surface area contributed by atoms with E-state index >= 15 is 0 Å². The van der Waals surface area contributed by atoms with Crippen LogP contribution < -0.4 is 5.32 Å². The Balaban J connectivity index is 0.00000300. The number of halogens is 1. The molecule has 29 heavy (non-hydrogen) atoms. The summed E-state index contributed by atoms with van der Waals surface area (Å²) in [4.78, 5) is 6.77. The zero-order valence-corrected chi connectivity index (χ0v) is 20.2. The molecule has 0 bridgehead atoms. The second kappa shape index (κ2) is 11.0. The molecule has 1 N–H and O–H groups in total. The molecule has 0 aliphatic carbocycles. The van der Waals surface area contributed by atoms with Crippen LogP contribution in [0, 0.1) is 5.92 Å². The molecule has 7 heteroatoms. The number of hydrogen-bond acceptors (Lipinski definition) is 3. The topological polar surface area (TPSA) is 61.8 Å². The molecule has 0 saturated carbocycles. The lowest BCUT2D eigenvalue weighted by Crippen LogP contribution is -2.39. The summed E-state index contributed by atoms with van der Waals surface area (Å²) in [6.45, 7) is 2.71. The SMILES string of the molecule is CN=C(NCc1ccc(CS(C)(=O)=O)cc1)N1CCC(Cc2ccccc2)C1.I. The molecule has 0 radical (unpaired) electrons. The maximum Gasteiger partial charge on any atom is 0.193 e. The smallest absolute Gasteiger partial charge is 0.193 e. The van der Waals surface area contributed by atoms with Gasteiger partial charge in [-0.3, -0.25) is 4.99 Å². The summed E-state index contributed by atoms with van der Waals surface area (Å²) in [5.41, 5.74) is 3.32. The quantitative estimate of drug-likeness (QED) is 0.355. The van der Waals surface area contributed by atoms with Gasteiger partial charge in [0.1, 0.15) is 0 Å². The Morgan fingerprint density at radius 3 is 2.34 bits per heavy atom. The van der Waals surface area contributed by atoms with Crippen molar-refractivity contribution in [1.82, 2.24) is 10.2 Å². The van der Waals surface area contributed by atoms with E-state index in [0.717, 1.165) is 36.6 Å². The van der Waals surface area contributed by atoms with Crippen molar-refractivity contribution >= 4 is 39.8 Å². The lowest BCUT2D eigenvalue weighted by atomic mass is 9.99. The fourth-order valence-corrected chi connectivity index (χ4v) is 4.51. The van der Waals surface area contributed by atoms with Gasteiger partial charge in [-0.15, -0.1) is 24.0 Å². The molecule has 1 heterocycles. The van der Waals surface area contributed by atoms with Crippen LogP contribution in [-0.2, 0) is 28.6 Å². The number of nitrogens with zero attached hydrogens (tertiary/aromatic N) is 2. The number of nitrogens with one attached hydrogen (secondary N) is 1. The second-order valence-corrected chi connectivity index (χ2v) is 9.72. The van der Waals surface area contributed by atoms with E-state index in [1.54, 1.807) is 0 Å². The highest BCUT2D eigenvalue weighted by Gasteiger charge is 2.24. The summed E-state index contributed by atoms with van der Waals surface area (Å²) >= 11 is 0. The van der Waals surface area contributed by atoms with E-state index < -0.39 is 9.84 Å². The minimum Gasteiger partial charge on any atom is -0.352 e. The molecule has 1 aliphatic heterocycles. The third-order valence-electron chi connectivity index (χ3n) is 5.07. The van der Waals surface area contributed by atoms with Crippen molar-refractivity contribution in [2.45, 2.75) is 25.1 Å². The Kier molecular flexibility index (Phi) is 8.95. The highest BCUT2D eigenvalue weighted by atomic mass is 127. The Morgan fingerprint density at radius 1 is 1.07 bits per heavy atom. The molecule has 2 aromatic rings. The maximum atomic E-state index is 11.4. The van der Waals surface area contributed by atoms with Gasteiger partial charge in [-0.05, 0) is 35.4 Å². The first kappa shape index (κ1) is 23.7. The highest BCUT2D eigenvalue weighted by Crippen LogP contribution is 2.21. The minimum atomic E-state index is -3.00. The molecule has 0 amide bonds. The first-order valence-corrected chi connectivity index (χ1v) is 11.7. The van der Waals surface area contributed by atoms with E-state index in [1.165, 1.54) is 18.2 Å². The van der Waals surface area contributed by atoms with E-state index in [-0.39, 0.29) is 29.7 Å². The van der Waals surface area contributed by atoms with Gasteiger partial charge in [0.15, 0.2) is 15.8 Å². The lowest BCUT2D eigenvalue weighted by Gasteiger charge is -2.22. The average molecular weight is 527 g/mol. The Morgan fingerprint density at radius 2 is 1.72 bits per heavy atom. The molecule has 5 nitrogen and oxygen atoms in total. The van der Waals surface area contributed by atoms with Gasteiger partial charge in [-0.2, -0.15) is 0 Å². The Hall–Kier alpha value is -1.61. The molecule has 3 rings (SSSR count). The van der Waals surface area contributed by atoms with Crippen molar-refractivity contribution in [3.8, 4) is 0 Å². The largest absolute Gasteiger partial charge is 0.352 e. The van der Waals surface area contributed by atoms with Crippen LogP contribution in [0.2, 0.25) is 0 Å². The van der Waals surface area contributed by atoms with Crippen LogP contribution in [0.25, 0.3) is 0 Å². The summed E-state index contributed by atoms with van der Waals surface area (Å²) in [5.74, 6) is 1.66. The Labute approximate surface area is 191 Å². The van der Waals surface area contributed by atoms with Gasteiger partial charge in [0.05, 0.1) is 5.75 Å². The number of aliphatic imine (C=N–C) groups is 1. The van der Waals surface area contributed by atoms with Crippen LogP contribution >= 0.6 is 24.0 Å². The molecule has 1 fully saturated rings. The zero-order valence-electron chi connectivity index (χ0n) is 17.0. The van der Waals surface area contributed by atoms with E-state index in [9.17, 15) is 8.42 Å².